The Bertz CT molecular complexity index is 521. The van der Waals surface area contributed by atoms with Crippen LogP contribution in [-0.2, 0) is 6.42 Å². The van der Waals surface area contributed by atoms with Gasteiger partial charge >= 0.3 is 0 Å². The van der Waals surface area contributed by atoms with Crippen LogP contribution < -0.4 is 0 Å². The van der Waals surface area contributed by atoms with E-state index in [-0.39, 0.29) is 0 Å². The van der Waals surface area contributed by atoms with Crippen molar-refractivity contribution >= 4 is 15.9 Å². The van der Waals surface area contributed by atoms with Gasteiger partial charge in [0.2, 0.25) is 0 Å². The number of pyridine rings is 1. The highest BCUT2D eigenvalue weighted by atomic mass is 79.9. The Morgan fingerprint density at radius 1 is 1.24 bits per heavy atom. The molecule has 21 heavy (non-hydrogen) atoms. The van der Waals surface area contributed by atoms with Crippen molar-refractivity contribution < 1.29 is 0 Å². The van der Waals surface area contributed by atoms with E-state index in [1.54, 1.807) is 0 Å². The van der Waals surface area contributed by atoms with Gasteiger partial charge in [-0.2, -0.15) is 0 Å². The number of halogens is 1. The van der Waals surface area contributed by atoms with Crippen LogP contribution in [0.1, 0.15) is 56.7 Å². The normalized spacial score (nSPS) is 42.2. The lowest BCUT2D eigenvalue weighted by Crippen LogP contribution is -2.54. The lowest BCUT2D eigenvalue weighted by Gasteiger charge is -2.63. The first-order valence-corrected chi connectivity index (χ1v) is 9.44. The summed E-state index contributed by atoms with van der Waals surface area (Å²) < 4.78 is 0. The van der Waals surface area contributed by atoms with Crippen LogP contribution in [0.15, 0.2) is 18.3 Å². The molecule has 3 unspecified atom stereocenters. The minimum Gasteiger partial charge on any atom is -0.261 e. The second-order valence-electron chi connectivity index (χ2n) is 8.63. The number of aromatic nitrogens is 1. The molecule has 2 heteroatoms. The van der Waals surface area contributed by atoms with Crippen molar-refractivity contribution in [3.8, 4) is 0 Å². The van der Waals surface area contributed by atoms with E-state index in [9.17, 15) is 0 Å². The van der Waals surface area contributed by atoms with Gasteiger partial charge in [-0.05, 0) is 79.7 Å². The van der Waals surface area contributed by atoms with Gasteiger partial charge in [-0.3, -0.25) is 4.98 Å². The zero-order valence-electron chi connectivity index (χ0n) is 13.2. The Kier molecular flexibility index (Phi) is 3.26. The maximum atomic E-state index is 4.63. The van der Waals surface area contributed by atoms with E-state index in [1.807, 2.05) is 6.20 Å². The highest BCUT2D eigenvalue weighted by Crippen LogP contribution is 2.67. The zero-order valence-corrected chi connectivity index (χ0v) is 14.8. The molecule has 0 saturated heterocycles. The molecule has 1 nitrogen and oxygen atoms in total. The van der Waals surface area contributed by atoms with Crippen LogP contribution in [-0.4, -0.2) is 9.81 Å². The Morgan fingerprint density at radius 3 is 2.52 bits per heavy atom. The van der Waals surface area contributed by atoms with E-state index >= 15 is 0 Å². The molecule has 0 aliphatic heterocycles. The van der Waals surface area contributed by atoms with Gasteiger partial charge in [-0.15, -0.1) is 0 Å². The number of alkyl halides is 1. The summed E-state index contributed by atoms with van der Waals surface area (Å²) in [6.45, 7) is 4.67. The molecule has 4 fully saturated rings. The monoisotopic (exact) mass is 347 g/mol. The minimum absolute atomic E-state index is 0.547. The molecule has 1 aromatic rings. The molecule has 0 spiro atoms. The fourth-order valence-corrected chi connectivity index (χ4v) is 7.05. The van der Waals surface area contributed by atoms with Gasteiger partial charge in [0.1, 0.15) is 0 Å². The van der Waals surface area contributed by atoms with Crippen LogP contribution in [0, 0.1) is 29.6 Å². The van der Waals surface area contributed by atoms with Crippen molar-refractivity contribution in [3.05, 3.63) is 29.6 Å². The largest absolute Gasteiger partial charge is 0.261 e. The van der Waals surface area contributed by atoms with Crippen LogP contribution in [0.4, 0.5) is 0 Å². The van der Waals surface area contributed by atoms with Crippen molar-refractivity contribution in [2.45, 2.75) is 63.6 Å². The number of aryl methyl sites for hydroxylation is 1. The third kappa shape index (κ3) is 2.48. The predicted molar refractivity (Wildman–Crippen MR) is 90.6 cm³/mol. The topological polar surface area (TPSA) is 12.9 Å². The summed E-state index contributed by atoms with van der Waals surface area (Å²) in [4.78, 5) is 5.24. The van der Waals surface area contributed by atoms with Gasteiger partial charge in [0.15, 0.2) is 0 Å². The Balaban J connectivity index is 1.56. The minimum atomic E-state index is 0.547. The second kappa shape index (κ2) is 4.81. The SMILES string of the molecule is Cc1ccc(CC(Br)C23CC4CC(CC(C)(C4)C2)C3)nc1. The number of rotatable bonds is 3. The summed E-state index contributed by atoms with van der Waals surface area (Å²) in [5.41, 5.74) is 3.69. The van der Waals surface area contributed by atoms with Crippen LogP contribution in [0.5, 0.6) is 0 Å². The molecule has 3 atom stereocenters. The molecule has 0 aromatic carbocycles. The molecule has 0 radical (unpaired) electrons. The van der Waals surface area contributed by atoms with E-state index in [1.165, 1.54) is 49.8 Å². The maximum Gasteiger partial charge on any atom is 0.0415 e. The summed E-state index contributed by atoms with van der Waals surface area (Å²) in [6, 6.07) is 4.41. The van der Waals surface area contributed by atoms with E-state index < -0.39 is 0 Å². The highest BCUT2D eigenvalue weighted by molar-refractivity contribution is 9.09. The van der Waals surface area contributed by atoms with Gasteiger partial charge in [0.05, 0.1) is 0 Å². The fraction of sp³-hybridized carbons (Fsp3) is 0.737. The first-order chi connectivity index (χ1) is 9.96. The molecular weight excluding hydrogens is 322 g/mol. The average Bonchev–Trinajstić information content (AvgIpc) is 2.38. The van der Waals surface area contributed by atoms with Gasteiger partial charge in [0.25, 0.3) is 0 Å². The predicted octanol–water partition coefficient (Wildman–Crippen LogP) is 5.30. The summed E-state index contributed by atoms with van der Waals surface area (Å²) in [7, 11) is 0. The van der Waals surface area contributed by atoms with Crippen LogP contribution >= 0.6 is 15.9 Å². The second-order valence-corrected chi connectivity index (χ2v) is 9.74. The van der Waals surface area contributed by atoms with E-state index in [4.69, 9.17) is 0 Å². The van der Waals surface area contributed by atoms with Crippen molar-refractivity contribution in [2.75, 3.05) is 0 Å². The third-order valence-corrected chi connectivity index (χ3v) is 7.72. The molecule has 114 valence electrons. The molecule has 4 saturated carbocycles. The molecule has 0 amide bonds. The summed E-state index contributed by atoms with van der Waals surface area (Å²) in [6.07, 6.45) is 12.0. The molecule has 5 rings (SSSR count). The smallest absolute Gasteiger partial charge is 0.0415 e. The van der Waals surface area contributed by atoms with Crippen molar-refractivity contribution in [1.29, 1.82) is 0 Å². The van der Waals surface area contributed by atoms with Crippen LogP contribution in [0.2, 0.25) is 0 Å². The van der Waals surface area contributed by atoms with Gasteiger partial charge in [-0.1, -0.05) is 28.9 Å². The van der Waals surface area contributed by atoms with Gasteiger partial charge in [0, 0.05) is 23.1 Å². The Morgan fingerprint density at radius 2 is 1.95 bits per heavy atom. The average molecular weight is 348 g/mol. The quantitative estimate of drug-likeness (QED) is 0.675. The summed E-state index contributed by atoms with van der Waals surface area (Å²) in [5, 5.41) is 0. The highest BCUT2D eigenvalue weighted by Gasteiger charge is 2.57. The van der Waals surface area contributed by atoms with Gasteiger partial charge < -0.3 is 0 Å². The lowest BCUT2D eigenvalue weighted by atomic mass is 9.44. The first-order valence-electron chi connectivity index (χ1n) is 8.52. The Hall–Kier alpha value is -0.370. The molecule has 1 aromatic heterocycles. The zero-order chi connectivity index (χ0) is 14.7. The van der Waals surface area contributed by atoms with E-state index in [0.29, 0.717) is 15.7 Å². The first kappa shape index (κ1) is 14.2. The molecule has 0 N–H and O–H groups in total. The van der Waals surface area contributed by atoms with Gasteiger partial charge in [-0.25, -0.2) is 0 Å². The van der Waals surface area contributed by atoms with Crippen LogP contribution in [0.3, 0.4) is 0 Å². The maximum absolute atomic E-state index is 4.63. The standard InChI is InChI=1S/C19H26BrN/c1-13-3-4-16(21-11-13)6-17(20)19-9-14-5-15(10-19)8-18(2,7-14)12-19/h3-4,11,14-15,17H,5-10,12H2,1-2H3. The summed E-state index contributed by atoms with van der Waals surface area (Å²) >= 11 is 4.11. The molecule has 4 aliphatic carbocycles. The lowest BCUT2D eigenvalue weighted by molar-refractivity contribution is -0.101. The fourth-order valence-electron chi connectivity index (χ4n) is 6.18. The van der Waals surface area contributed by atoms with Crippen molar-refractivity contribution in [3.63, 3.8) is 0 Å². The molecule has 1 heterocycles. The number of hydrogen-bond acceptors (Lipinski definition) is 1. The molecular formula is C19H26BrN. The summed E-state index contributed by atoms with van der Waals surface area (Å²) in [5.74, 6) is 2.00. The van der Waals surface area contributed by atoms with Crippen molar-refractivity contribution in [1.82, 2.24) is 4.98 Å². The number of hydrogen-bond donors (Lipinski definition) is 0. The number of nitrogens with zero attached hydrogens (tertiary/aromatic N) is 1. The van der Waals surface area contributed by atoms with E-state index in [2.05, 4.69) is 46.9 Å². The van der Waals surface area contributed by atoms with E-state index in [0.717, 1.165) is 18.3 Å². The Labute approximate surface area is 137 Å². The third-order valence-electron chi connectivity index (χ3n) is 6.42. The van der Waals surface area contributed by atoms with Crippen LogP contribution in [0.25, 0.3) is 0 Å². The van der Waals surface area contributed by atoms with Crippen molar-refractivity contribution in [2.24, 2.45) is 22.7 Å². The molecule has 4 aliphatic rings. The molecule has 4 bridgehead atoms.